The van der Waals surface area contributed by atoms with E-state index in [1.165, 1.54) is 5.56 Å². The minimum atomic E-state index is 0.389. The van der Waals surface area contributed by atoms with Crippen LogP contribution in [0.1, 0.15) is 42.7 Å². The van der Waals surface area contributed by atoms with E-state index in [4.69, 9.17) is 11.0 Å². The number of nitrogens with zero attached hydrogens (tertiary/aromatic N) is 1. The van der Waals surface area contributed by atoms with Crippen LogP contribution >= 0.6 is 0 Å². The number of hydrogen-bond acceptors (Lipinski definition) is 2. The maximum absolute atomic E-state index is 8.83. The number of hydrogen-bond donors (Lipinski definition) is 1. The number of benzene rings is 1. The van der Waals surface area contributed by atoms with Crippen LogP contribution in [-0.2, 0) is 0 Å². The second-order valence-corrected chi connectivity index (χ2v) is 4.35. The monoisotopic (exact) mass is 200 g/mol. The van der Waals surface area contributed by atoms with Gasteiger partial charge in [0.05, 0.1) is 11.6 Å². The first-order chi connectivity index (χ1) is 7.29. The molecule has 1 fully saturated rings. The molecule has 0 atom stereocenters. The molecular formula is C13H16N2. The van der Waals surface area contributed by atoms with E-state index in [-0.39, 0.29) is 0 Å². The lowest BCUT2D eigenvalue weighted by molar-refractivity contribution is 0.395. The Balaban J connectivity index is 2.12. The highest BCUT2D eigenvalue weighted by molar-refractivity contribution is 5.34. The van der Waals surface area contributed by atoms with Gasteiger partial charge in [0, 0.05) is 6.04 Å². The van der Waals surface area contributed by atoms with E-state index >= 15 is 0 Å². The standard InChI is InChI=1S/C13H16N2/c14-9-10-2-1-3-12(8-10)11-4-6-13(15)7-5-11/h1-3,8,11,13H,4-7,15H2/t11-,13-. The van der Waals surface area contributed by atoms with Crippen LogP contribution in [0, 0.1) is 11.3 Å². The summed E-state index contributed by atoms with van der Waals surface area (Å²) in [5.41, 5.74) is 7.95. The van der Waals surface area contributed by atoms with Gasteiger partial charge in [-0.25, -0.2) is 0 Å². The summed E-state index contributed by atoms with van der Waals surface area (Å²) in [5, 5.41) is 8.83. The maximum atomic E-state index is 8.83. The molecule has 0 spiro atoms. The molecule has 1 aliphatic rings. The molecule has 1 aromatic rings. The highest BCUT2D eigenvalue weighted by atomic mass is 14.6. The van der Waals surface area contributed by atoms with E-state index < -0.39 is 0 Å². The van der Waals surface area contributed by atoms with Crippen molar-refractivity contribution >= 4 is 0 Å². The van der Waals surface area contributed by atoms with E-state index in [0.29, 0.717) is 12.0 Å². The van der Waals surface area contributed by atoms with E-state index in [2.05, 4.69) is 12.1 Å². The Morgan fingerprint density at radius 2 is 1.93 bits per heavy atom. The molecule has 2 rings (SSSR count). The lowest BCUT2D eigenvalue weighted by atomic mass is 9.82. The van der Waals surface area contributed by atoms with Gasteiger partial charge in [0.1, 0.15) is 0 Å². The molecule has 0 heterocycles. The van der Waals surface area contributed by atoms with Crippen molar-refractivity contribution in [2.45, 2.75) is 37.6 Å². The Morgan fingerprint density at radius 3 is 2.60 bits per heavy atom. The molecule has 0 bridgehead atoms. The van der Waals surface area contributed by atoms with Gasteiger partial charge in [-0.1, -0.05) is 12.1 Å². The molecule has 2 nitrogen and oxygen atoms in total. The first-order valence-corrected chi connectivity index (χ1v) is 5.55. The van der Waals surface area contributed by atoms with E-state index in [9.17, 15) is 0 Å². The van der Waals surface area contributed by atoms with Gasteiger partial charge < -0.3 is 5.73 Å². The highest BCUT2D eigenvalue weighted by Crippen LogP contribution is 2.32. The molecule has 15 heavy (non-hydrogen) atoms. The van der Waals surface area contributed by atoms with Crippen molar-refractivity contribution in [3.05, 3.63) is 35.4 Å². The molecule has 0 unspecified atom stereocenters. The van der Waals surface area contributed by atoms with Crippen LogP contribution in [0.25, 0.3) is 0 Å². The van der Waals surface area contributed by atoms with Crippen LogP contribution in [0.5, 0.6) is 0 Å². The minimum absolute atomic E-state index is 0.389. The Bertz CT molecular complexity index is 370. The maximum Gasteiger partial charge on any atom is 0.0991 e. The van der Waals surface area contributed by atoms with Gasteiger partial charge in [-0.15, -0.1) is 0 Å². The molecule has 2 heteroatoms. The number of rotatable bonds is 1. The summed E-state index contributed by atoms with van der Waals surface area (Å²) in [6, 6.07) is 10.6. The van der Waals surface area contributed by atoms with E-state index in [1.54, 1.807) is 0 Å². The van der Waals surface area contributed by atoms with Gasteiger partial charge in [0.2, 0.25) is 0 Å². The third kappa shape index (κ3) is 2.37. The molecule has 1 aromatic carbocycles. The van der Waals surface area contributed by atoms with E-state index in [1.807, 2.05) is 18.2 Å². The lowest BCUT2D eigenvalue weighted by Gasteiger charge is -2.26. The Morgan fingerprint density at radius 1 is 1.20 bits per heavy atom. The summed E-state index contributed by atoms with van der Waals surface area (Å²) in [7, 11) is 0. The second kappa shape index (κ2) is 4.46. The molecule has 0 radical (unpaired) electrons. The summed E-state index contributed by atoms with van der Waals surface area (Å²) in [6.45, 7) is 0. The van der Waals surface area contributed by atoms with Crippen LogP contribution < -0.4 is 5.73 Å². The van der Waals surface area contributed by atoms with Crippen LogP contribution in [0.4, 0.5) is 0 Å². The predicted molar refractivity (Wildman–Crippen MR) is 60.3 cm³/mol. The van der Waals surface area contributed by atoms with Crippen molar-refractivity contribution in [2.24, 2.45) is 5.73 Å². The van der Waals surface area contributed by atoms with Crippen molar-refractivity contribution < 1.29 is 0 Å². The largest absolute Gasteiger partial charge is 0.328 e. The summed E-state index contributed by atoms with van der Waals surface area (Å²) >= 11 is 0. The fraction of sp³-hybridized carbons (Fsp3) is 0.462. The topological polar surface area (TPSA) is 49.8 Å². The Kier molecular flexibility index (Phi) is 3.03. The first-order valence-electron chi connectivity index (χ1n) is 5.55. The van der Waals surface area contributed by atoms with Gasteiger partial charge in [-0.05, 0) is 49.3 Å². The third-order valence-corrected chi connectivity index (χ3v) is 3.26. The lowest BCUT2D eigenvalue weighted by Crippen LogP contribution is -2.25. The van der Waals surface area contributed by atoms with Crippen LogP contribution in [0.3, 0.4) is 0 Å². The summed E-state index contributed by atoms with van der Waals surface area (Å²) in [6.07, 6.45) is 4.55. The molecule has 0 aromatic heterocycles. The summed E-state index contributed by atoms with van der Waals surface area (Å²) in [4.78, 5) is 0. The van der Waals surface area contributed by atoms with Gasteiger partial charge >= 0.3 is 0 Å². The van der Waals surface area contributed by atoms with Crippen LogP contribution in [0.2, 0.25) is 0 Å². The average Bonchev–Trinajstić information content (AvgIpc) is 2.30. The van der Waals surface area contributed by atoms with Crippen LogP contribution in [-0.4, -0.2) is 6.04 Å². The molecule has 1 aliphatic carbocycles. The van der Waals surface area contributed by atoms with Crippen molar-refractivity contribution in [1.29, 1.82) is 5.26 Å². The average molecular weight is 200 g/mol. The van der Waals surface area contributed by atoms with Gasteiger partial charge in [0.15, 0.2) is 0 Å². The van der Waals surface area contributed by atoms with Crippen LogP contribution in [0.15, 0.2) is 24.3 Å². The first kappa shape index (κ1) is 10.2. The second-order valence-electron chi connectivity index (χ2n) is 4.35. The Hall–Kier alpha value is -1.33. The fourth-order valence-corrected chi connectivity index (χ4v) is 2.31. The number of nitriles is 1. The van der Waals surface area contributed by atoms with Gasteiger partial charge in [-0.2, -0.15) is 5.26 Å². The molecule has 1 saturated carbocycles. The predicted octanol–water partition coefficient (Wildman–Crippen LogP) is 2.54. The van der Waals surface area contributed by atoms with Crippen molar-refractivity contribution in [3.63, 3.8) is 0 Å². The zero-order valence-corrected chi connectivity index (χ0v) is 8.82. The minimum Gasteiger partial charge on any atom is -0.328 e. The third-order valence-electron chi connectivity index (χ3n) is 3.26. The fourth-order valence-electron chi connectivity index (χ4n) is 2.31. The zero-order chi connectivity index (χ0) is 10.7. The van der Waals surface area contributed by atoms with Crippen molar-refractivity contribution in [1.82, 2.24) is 0 Å². The Labute approximate surface area is 90.7 Å². The summed E-state index contributed by atoms with van der Waals surface area (Å²) < 4.78 is 0. The molecule has 0 saturated heterocycles. The SMILES string of the molecule is N#Cc1cccc([C@H]2CC[C@H](N)CC2)c1. The molecular weight excluding hydrogens is 184 g/mol. The molecule has 0 amide bonds. The number of nitrogens with two attached hydrogens (primary N) is 1. The van der Waals surface area contributed by atoms with Crippen molar-refractivity contribution in [2.75, 3.05) is 0 Å². The quantitative estimate of drug-likeness (QED) is 0.757. The van der Waals surface area contributed by atoms with Gasteiger partial charge in [0.25, 0.3) is 0 Å². The van der Waals surface area contributed by atoms with Crippen molar-refractivity contribution in [3.8, 4) is 6.07 Å². The van der Waals surface area contributed by atoms with E-state index in [0.717, 1.165) is 31.2 Å². The zero-order valence-electron chi connectivity index (χ0n) is 8.82. The highest BCUT2D eigenvalue weighted by Gasteiger charge is 2.19. The molecule has 2 N–H and O–H groups in total. The molecule has 78 valence electrons. The van der Waals surface area contributed by atoms with Gasteiger partial charge in [-0.3, -0.25) is 0 Å². The normalized spacial score (nSPS) is 25.9. The summed E-state index contributed by atoms with van der Waals surface area (Å²) in [5.74, 6) is 0.609. The molecule has 0 aliphatic heterocycles. The smallest absolute Gasteiger partial charge is 0.0991 e.